The normalized spacial score (nSPS) is 22.6. The summed E-state index contributed by atoms with van der Waals surface area (Å²) in [4.78, 5) is 14.6. The van der Waals surface area contributed by atoms with Gasteiger partial charge in [0.2, 0.25) is 5.91 Å². The number of alkyl halides is 6. The number of allylic oxidation sites excluding steroid dienone is 1. The highest BCUT2D eigenvalue weighted by Gasteiger charge is 2.45. The molecule has 1 aromatic heterocycles. The maximum Gasteiger partial charge on any atom is 0.416 e. The Labute approximate surface area is 218 Å². The summed E-state index contributed by atoms with van der Waals surface area (Å²) in [7, 11) is 0. The number of hydrogen-bond acceptors (Lipinski definition) is 3. The number of nitrogens with one attached hydrogen (secondary N) is 1. The van der Waals surface area contributed by atoms with E-state index in [2.05, 4.69) is 10.2 Å². The third-order valence-corrected chi connectivity index (χ3v) is 7.07. The van der Waals surface area contributed by atoms with Crippen molar-refractivity contribution in [2.45, 2.75) is 49.7 Å². The number of aromatic amines is 1. The molecule has 3 aromatic rings. The molecule has 2 aliphatic rings. The van der Waals surface area contributed by atoms with E-state index in [1.807, 2.05) is 6.08 Å². The van der Waals surface area contributed by atoms with Crippen LogP contribution < -0.4 is 0 Å². The van der Waals surface area contributed by atoms with Gasteiger partial charge < -0.3 is 9.64 Å². The zero-order chi connectivity index (χ0) is 28.1. The highest BCUT2D eigenvalue weighted by molar-refractivity contribution is 5.82. The number of carbonyl (C=O) groups excluding carboxylic acids is 1. The summed E-state index contributed by atoms with van der Waals surface area (Å²) < 4.78 is 100. The number of halogens is 7. The van der Waals surface area contributed by atoms with Gasteiger partial charge in [0.15, 0.2) is 0 Å². The fourth-order valence-electron chi connectivity index (χ4n) is 5.16. The molecule has 1 amide bonds. The van der Waals surface area contributed by atoms with Crippen LogP contribution in [0.3, 0.4) is 0 Å². The number of hydrogen-bond donors (Lipinski definition) is 1. The first-order chi connectivity index (χ1) is 18.3. The summed E-state index contributed by atoms with van der Waals surface area (Å²) in [5, 5.41) is 6.63. The second kappa shape index (κ2) is 9.82. The van der Waals surface area contributed by atoms with E-state index < -0.39 is 47.4 Å². The number of amides is 1. The third kappa shape index (κ3) is 5.42. The van der Waals surface area contributed by atoms with Crippen molar-refractivity contribution in [1.29, 1.82) is 0 Å². The highest BCUT2D eigenvalue weighted by Crippen LogP contribution is 2.46. The van der Waals surface area contributed by atoms with E-state index >= 15 is 0 Å². The number of aromatic nitrogens is 2. The molecule has 39 heavy (non-hydrogen) atoms. The second-order valence-corrected chi connectivity index (χ2v) is 9.62. The number of nitrogens with zero attached hydrogens (tertiary/aromatic N) is 2. The smallest absolute Gasteiger partial charge is 0.368 e. The van der Waals surface area contributed by atoms with Crippen molar-refractivity contribution in [2.24, 2.45) is 0 Å². The summed E-state index contributed by atoms with van der Waals surface area (Å²) in [6, 6.07) is 6.84. The van der Waals surface area contributed by atoms with E-state index in [0.717, 1.165) is 5.56 Å². The van der Waals surface area contributed by atoms with E-state index in [4.69, 9.17) is 4.74 Å². The van der Waals surface area contributed by atoms with Gasteiger partial charge >= 0.3 is 12.4 Å². The van der Waals surface area contributed by atoms with Gasteiger partial charge in [-0.25, -0.2) is 4.39 Å². The van der Waals surface area contributed by atoms with Crippen molar-refractivity contribution >= 4 is 5.91 Å². The van der Waals surface area contributed by atoms with Crippen molar-refractivity contribution in [1.82, 2.24) is 15.1 Å². The molecule has 1 unspecified atom stereocenters. The molecule has 12 heteroatoms. The summed E-state index contributed by atoms with van der Waals surface area (Å²) in [6.45, 7) is 1.39. The minimum Gasteiger partial charge on any atom is -0.368 e. The minimum atomic E-state index is -5.00. The predicted molar refractivity (Wildman–Crippen MR) is 125 cm³/mol. The Bertz CT molecular complexity index is 1350. The minimum absolute atomic E-state index is 0.0280. The number of benzene rings is 2. The average molecular weight is 553 g/mol. The molecule has 0 bridgehead atoms. The number of H-pyrrole nitrogens is 1. The maximum absolute atomic E-state index is 13.7. The molecule has 5 nitrogen and oxygen atoms in total. The van der Waals surface area contributed by atoms with Gasteiger partial charge in [0, 0.05) is 24.2 Å². The van der Waals surface area contributed by atoms with Crippen LogP contribution in [0.4, 0.5) is 30.7 Å². The van der Waals surface area contributed by atoms with Crippen molar-refractivity contribution in [2.75, 3.05) is 6.54 Å². The fourth-order valence-corrected chi connectivity index (χ4v) is 5.16. The van der Waals surface area contributed by atoms with E-state index in [9.17, 15) is 35.5 Å². The number of carbonyl (C=O) groups is 1. The fraction of sp³-hybridized carbons (Fsp3) is 0.333. The second-order valence-electron chi connectivity index (χ2n) is 9.62. The van der Waals surface area contributed by atoms with Crippen LogP contribution in [0.25, 0.3) is 0 Å². The Morgan fingerprint density at radius 3 is 2.21 bits per heavy atom. The first-order valence-corrected chi connectivity index (χ1v) is 12.0. The molecule has 0 radical (unpaired) electrons. The lowest BCUT2D eigenvalue weighted by Crippen LogP contribution is -2.33. The van der Waals surface area contributed by atoms with Crippen LogP contribution in [-0.2, 0) is 21.9 Å². The molecule has 2 aliphatic heterocycles. The number of ether oxygens (including phenoxy) is 1. The van der Waals surface area contributed by atoms with Crippen molar-refractivity contribution in [3.8, 4) is 0 Å². The first kappa shape index (κ1) is 26.9. The predicted octanol–water partition coefficient (Wildman–Crippen LogP) is 6.73. The molecule has 0 aliphatic carbocycles. The summed E-state index contributed by atoms with van der Waals surface area (Å²) in [5.74, 6) is -1.64. The number of rotatable bonds is 5. The van der Waals surface area contributed by atoms with Gasteiger partial charge in [-0.2, -0.15) is 31.4 Å². The molecule has 1 fully saturated rings. The van der Waals surface area contributed by atoms with Crippen molar-refractivity contribution in [3.05, 3.63) is 100 Å². The van der Waals surface area contributed by atoms with Crippen LogP contribution in [0.1, 0.15) is 59.1 Å². The topological polar surface area (TPSA) is 58.2 Å². The Hall–Kier alpha value is -3.67. The Balaban J connectivity index is 1.52. The van der Waals surface area contributed by atoms with Crippen LogP contribution in [0.2, 0.25) is 0 Å². The summed E-state index contributed by atoms with van der Waals surface area (Å²) in [5.41, 5.74) is -1.26. The zero-order valence-corrected chi connectivity index (χ0v) is 20.4. The molecule has 2 aromatic carbocycles. The SMILES string of the molecule is C[C@@H](O[C@H]1CN2C(=O)CC(c3cn[nH]c3)C=C2[C@@H]1c1ccc(F)cc1)c1cc(C(F)(F)F)cc(C(F)(F)F)c1. The van der Waals surface area contributed by atoms with Crippen molar-refractivity contribution < 1.29 is 40.3 Å². The van der Waals surface area contributed by atoms with E-state index in [-0.39, 0.29) is 36.4 Å². The van der Waals surface area contributed by atoms with Crippen LogP contribution in [-0.4, -0.2) is 33.7 Å². The van der Waals surface area contributed by atoms with Crippen LogP contribution in [0, 0.1) is 5.82 Å². The first-order valence-electron chi connectivity index (χ1n) is 12.0. The molecule has 1 saturated heterocycles. The van der Waals surface area contributed by atoms with E-state index in [0.29, 0.717) is 23.4 Å². The van der Waals surface area contributed by atoms with Gasteiger partial charge in [0.1, 0.15) is 5.82 Å². The number of fused-ring (bicyclic) bond motifs is 1. The van der Waals surface area contributed by atoms with Gasteiger partial charge in [-0.15, -0.1) is 0 Å². The Morgan fingerprint density at radius 2 is 1.64 bits per heavy atom. The van der Waals surface area contributed by atoms with Crippen LogP contribution in [0.15, 0.2) is 66.6 Å². The lowest BCUT2D eigenvalue weighted by Gasteiger charge is -2.28. The molecular weight excluding hydrogens is 531 g/mol. The van der Waals surface area contributed by atoms with Gasteiger partial charge in [-0.1, -0.05) is 18.2 Å². The standard InChI is InChI=1S/C27H22F7N3O2/c1-14(16-6-19(26(29,30)31)10-20(7-16)27(32,33)34)39-23-13-37-22(25(23)15-2-4-21(28)5-3-15)8-17(9-24(37)38)18-11-35-36-12-18/h2-8,10-12,14,17,23,25H,9,13H2,1H3,(H,35,36)/t14-,17?,23+,25+/m1/s1. The molecule has 0 spiro atoms. The summed E-state index contributed by atoms with van der Waals surface area (Å²) in [6.07, 6.45) is -6.75. The third-order valence-electron chi connectivity index (χ3n) is 7.07. The monoisotopic (exact) mass is 553 g/mol. The maximum atomic E-state index is 13.7. The zero-order valence-electron chi connectivity index (χ0n) is 20.4. The molecule has 206 valence electrons. The molecule has 3 heterocycles. The molecule has 5 rings (SSSR count). The quantitative estimate of drug-likeness (QED) is 0.357. The largest absolute Gasteiger partial charge is 0.416 e. The van der Waals surface area contributed by atoms with Gasteiger partial charge in [-0.3, -0.25) is 9.89 Å². The Morgan fingerprint density at radius 1 is 1.00 bits per heavy atom. The lowest BCUT2D eigenvalue weighted by atomic mass is 9.87. The Kier molecular flexibility index (Phi) is 6.78. The van der Waals surface area contributed by atoms with E-state index in [1.54, 1.807) is 12.4 Å². The van der Waals surface area contributed by atoms with Crippen LogP contribution >= 0.6 is 0 Å². The molecular formula is C27H22F7N3O2. The van der Waals surface area contributed by atoms with Crippen LogP contribution in [0.5, 0.6) is 0 Å². The average Bonchev–Trinajstić information content (AvgIpc) is 3.52. The lowest BCUT2D eigenvalue weighted by molar-refractivity contribution is -0.143. The molecule has 4 atom stereocenters. The van der Waals surface area contributed by atoms with Gasteiger partial charge in [0.25, 0.3) is 0 Å². The van der Waals surface area contributed by atoms with Gasteiger partial charge in [0.05, 0.1) is 42.0 Å². The van der Waals surface area contributed by atoms with E-state index in [1.165, 1.54) is 36.1 Å². The highest BCUT2D eigenvalue weighted by atomic mass is 19.4. The van der Waals surface area contributed by atoms with Gasteiger partial charge in [-0.05, 0) is 53.9 Å². The summed E-state index contributed by atoms with van der Waals surface area (Å²) >= 11 is 0. The molecule has 1 N–H and O–H groups in total. The van der Waals surface area contributed by atoms with Crippen molar-refractivity contribution in [3.63, 3.8) is 0 Å². The molecule has 0 saturated carbocycles.